The zero-order valence-electron chi connectivity index (χ0n) is 11.1. The molecule has 2 unspecified atom stereocenters. The third-order valence-corrected chi connectivity index (χ3v) is 3.78. The van der Waals surface area contributed by atoms with Gasteiger partial charge in [0.15, 0.2) is 0 Å². The van der Waals surface area contributed by atoms with E-state index in [0.717, 1.165) is 12.8 Å². The molecule has 0 saturated heterocycles. The van der Waals surface area contributed by atoms with Crippen molar-refractivity contribution in [1.29, 1.82) is 0 Å². The Labute approximate surface area is 121 Å². The molecule has 20 heavy (non-hydrogen) atoms. The highest BCUT2D eigenvalue weighted by Crippen LogP contribution is 2.32. The first-order valence-electron chi connectivity index (χ1n) is 6.46. The fourth-order valence-electron chi connectivity index (χ4n) is 2.65. The summed E-state index contributed by atoms with van der Waals surface area (Å²) in [7, 11) is 0. The van der Waals surface area contributed by atoms with Crippen LogP contribution >= 0.6 is 11.6 Å². The molecule has 0 radical (unpaired) electrons. The minimum absolute atomic E-state index is 0.0244. The Balaban J connectivity index is 2.20. The summed E-state index contributed by atoms with van der Waals surface area (Å²) < 4.78 is 0. The number of carboxylic acids is 1. The third kappa shape index (κ3) is 3.07. The molecule has 6 nitrogen and oxygen atoms in total. The normalized spacial score (nSPS) is 26.0. The van der Waals surface area contributed by atoms with Crippen LogP contribution < -0.4 is 5.32 Å². The van der Waals surface area contributed by atoms with Crippen molar-refractivity contribution in [2.45, 2.75) is 38.1 Å². The summed E-state index contributed by atoms with van der Waals surface area (Å²) in [6, 6.07) is 0. The average molecular weight is 298 g/mol. The molecule has 0 aliphatic heterocycles. The van der Waals surface area contributed by atoms with Crippen LogP contribution in [0.5, 0.6) is 0 Å². The van der Waals surface area contributed by atoms with Gasteiger partial charge in [0.05, 0.1) is 12.4 Å². The summed E-state index contributed by atoms with van der Waals surface area (Å²) >= 11 is 5.68. The summed E-state index contributed by atoms with van der Waals surface area (Å²) in [5, 5.41) is 12.2. The minimum atomic E-state index is -1.22. The molecular formula is C13H16ClN3O3. The van der Waals surface area contributed by atoms with Gasteiger partial charge in [-0.1, -0.05) is 31.4 Å². The Morgan fingerprint density at radius 2 is 2.25 bits per heavy atom. The van der Waals surface area contributed by atoms with E-state index in [-0.39, 0.29) is 16.8 Å². The van der Waals surface area contributed by atoms with Gasteiger partial charge in [-0.2, -0.15) is 0 Å². The van der Waals surface area contributed by atoms with Crippen LogP contribution in [0, 0.1) is 5.92 Å². The summed E-state index contributed by atoms with van der Waals surface area (Å²) in [5.74, 6) is -1.31. The van der Waals surface area contributed by atoms with Crippen LogP contribution in [0.4, 0.5) is 0 Å². The van der Waals surface area contributed by atoms with Crippen LogP contribution in [0.1, 0.15) is 43.1 Å². The maximum Gasteiger partial charge on any atom is 0.329 e. The van der Waals surface area contributed by atoms with Gasteiger partial charge in [0, 0.05) is 0 Å². The predicted octanol–water partition coefficient (Wildman–Crippen LogP) is 1.89. The second kappa shape index (κ2) is 5.75. The lowest BCUT2D eigenvalue weighted by molar-refractivity contribution is -0.146. The number of hydrogen-bond donors (Lipinski definition) is 2. The number of carbonyl (C=O) groups is 2. The number of aromatic nitrogens is 2. The lowest BCUT2D eigenvalue weighted by Crippen LogP contribution is -2.56. The highest BCUT2D eigenvalue weighted by atomic mass is 35.5. The van der Waals surface area contributed by atoms with Crippen LogP contribution in [-0.2, 0) is 4.79 Å². The van der Waals surface area contributed by atoms with E-state index in [4.69, 9.17) is 11.6 Å². The molecular weight excluding hydrogens is 282 g/mol. The number of amides is 1. The molecule has 1 aliphatic carbocycles. The lowest BCUT2D eigenvalue weighted by Gasteiger charge is -2.36. The lowest BCUT2D eigenvalue weighted by atomic mass is 9.76. The quantitative estimate of drug-likeness (QED) is 0.889. The standard InChI is InChI=1S/C13H16ClN3O3/c1-8-3-2-4-13(5-8,12(19)20)17-11(18)9-6-15-7-10(14)16-9/h6-8H,2-5H2,1H3,(H,17,18)(H,19,20). The number of aliphatic carboxylic acids is 1. The number of nitrogens with one attached hydrogen (secondary N) is 1. The molecule has 1 aliphatic rings. The van der Waals surface area contributed by atoms with E-state index in [1.165, 1.54) is 12.4 Å². The smallest absolute Gasteiger partial charge is 0.329 e. The SMILES string of the molecule is CC1CCCC(NC(=O)c2cncc(Cl)n2)(C(=O)O)C1. The van der Waals surface area contributed by atoms with E-state index >= 15 is 0 Å². The molecule has 7 heteroatoms. The first-order valence-corrected chi connectivity index (χ1v) is 6.84. The zero-order valence-corrected chi connectivity index (χ0v) is 11.9. The molecule has 0 aromatic carbocycles. The molecule has 1 fully saturated rings. The summed E-state index contributed by atoms with van der Waals surface area (Å²) in [4.78, 5) is 31.3. The zero-order chi connectivity index (χ0) is 14.8. The third-order valence-electron chi connectivity index (χ3n) is 3.60. The van der Waals surface area contributed by atoms with Gasteiger partial charge in [0.1, 0.15) is 16.4 Å². The number of carboxylic acid groups (broad SMARTS) is 1. The number of carbonyl (C=O) groups excluding carboxylic acids is 1. The van der Waals surface area contributed by atoms with Crippen LogP contribution in [0.2, 0.25) is 5.15 Å². The molecule has 2 rings (SSSR count). The van der Waals surface area contributed by atoms with Gasteiger partial charge < -0.3 is 10.4 Å². The number of halogens is 1. The maximum absolute atomic E-state index is 12.1. The predicted molar refractivity (Wildman–Crippen MR) is 72.5 cm³/mol. The van der Waals surface area contributed by atoms with Crippen LogP contribution in [0.25, 0.3) is 0 Å². The number of hydrogen-bond acceptors (Lipinski definition) is 4. The van der Waals surface area contributed by atoms with Crippen molar-refractivity contribution in [1.82, 2.24) is 15.3 Å². The van der Waals surface area contributed by atoms with Crippen molar-refractivity contribution in [3.63, 3.8) is 0 Å². The Morgan fingerprint density at radius 3 is 2.85 bits per heavy atom. The first kappa shape index (κ1) is 14.7. The highest BCUT2D eigenvalue weighted by molar-refractivity contribution is 6.29. The van der Waals surface area contributed by atoms with Gasteiger partial charge in [-0.05, 0) is 18.8 Å². The van der Waals surface area contributed by atoms with Crippen molar-refractivity contribution in [2.24, 2.45) is 5.92 Å². The molecule has 1 heterocycles. The maximum atomic E-state index is 12.1. The highest BCUT2D eigenvalue weighted by Gasteiger charge is 2.43. The van der Waals surface area contributed by atoms with E-state index in [1.807, 2.05) is 6.92 Å². The van der Waals surface area contributed by atoms with Crippen LogP contribution in [0.15, 0.2) is 12.4 Å². The largest absolute Gasteiger partial charge is 0.480 e. The first-order chi connectivity index (χ1) is 9.43. The molecule has 0 bridgehead atoms. The fraction of sp³-hybridized carbons (Fsp3) is 0.538. The molecule has 1 saturated carbocycles. The number of nitrogens with zero attached hydrogens (tertiary/aromatic N) is 2. The summed E-state index contributed by atoms with van der Waals surface area (Å²) in [6.07, 6.45) is 5.17. The van der Waals surface area contributed by atoms with Crippen molar-refractivity contribution in [3.8, 4) is 0 Å². The van der Waals surface area contributed by atoms with Gasteiger partial charge >= 0.3 is 5.97 Å². The molecule has 2 atom stereocenters. The van der Waals surface area contributed by atoms with E-state index in [2.05, 4.69) is 15.3 Å². The van der Waals surface area contributed by atoms with Crippen LogP contribution in [0.3, 0.4) is 0 Å². The van der Waals surface area contributed by atoms with Gasteiger partial charge in [-0.3, -0.25) is 9.78 Å². The molecule has 2 N–H and O–H groups in total. The Morgan fingerprint density at radius 1 is 1.50 bits per heavy atom. The van der Waals surface area contributed by atoms with Gasteiger partial charge in [0.25, 0.3) is 5.91 Å². The molecule has 1 aromatic heterocycles. The van der Waals surface area contributed by atoms with Crippen molar-refractivity contribution in [3.05, 3.63) is 23.2 Å². The molecule has 1 aromatic rings. The second-order valence-corrected chi connectivity index (χ2v) is 5.66. The average Bonchev–Trinajstić information content (AvgIpc) is 2.38. The Kier molecular flexibility index (Phi) is 4.23. The van der Waals surface area contributed by atoms with Gasteiger partial charge in [-0.25, -0.2) is 9.78 Å². The van der Waals surface area contributed by atoms with E-state index in [9.17, 15) is 14.7 Å². The molecule has 108 valence electrons. The topological polar surface area (TPSA) is 92.2 Å². The monoisotopic (exact) mass is 297 g/mol. The van der Waals surface area contributed by atoms with E-state index in [1.54, 1.807) is 0 Å². The number of rotatable bonds is 3. The summed E-state index contributed by atoms with van der Waals surface area (Å²) in [6.45, 7) is 1.99. The van der Waals surface area contributed by atoms with E-state index < -0.39 is 17.4 Å². The van der Waals surface area contributed by atoms with Crippen molar-refractivity contribution >= 4 is 23.5 Å². The Bertz CT molecular complexity index is 537. The Hall–Kier alpha value is -1.69. The van der Waals surface area contributed by atoms with E-state index in [0.29, 0.717) is 12.8 Å². The van der Waals surface area contributed by atoms with Crippen LogP contribution in [-0.4, -0.2) is 32.5 Å². The molecule has 1 amide bonds. The van der Waals surface area contributed by atoms with Crippen molar-refractivity contribution in [2.75, 3.05) is 0 Å². The van der Waals surface area contributed by atoms with Gasteiger partial charge in [0.2, 0.25) is 0 Å². The minimum Gasteiger partial charge on any atom is -0.480 e. The molecule has 0 spiro atoms. The fourth-order valence-corrected chi connectivity index (χ4v) is 2.79. The van der Waals surface area contributed by atoms with Gasteiger partial charge in [-0.15, -0.1) is 0 Å². The second-order valence-electron chi connectivity index (χ2n) is 5.27. The summed E-state index contributed by atoms with van der Waals surface area (Å²) in [5.41, 5.74) is -1.20. The van der Waals surface area contributed by atoms with Crippen molar-refractivity contribution < 1.29 is 14.7 Å².